The van der Waals surface area contributed by atoms with Gasteiger partial charge in [0.1, 0.15) is 0 Å². The molecule has 26 heavy (non-hydrogen) atoms. The van der Waals surface area contributed by atoms with Gasteiger partial charge in [0.25, 0.3) is 5.91 Å². The normalized spacial score (nSPS) is 16.0. The number of aliphatic hydroxyl groups excluding tert-OH is 1. The first-order valence-electron chi connectivity index (χ1n) is 8.08. The van der Waals surface area contributed by atoms with E-state index in [9.17, 15) is 9.90 Å². The Hall–Kier alpha value is -1.38. The van der Waals surface area contributed by atoms with Crippen molar-refractivity contribution in [2.24, 2.45) is 0 Å². The molecular weight excluding hydrogens is 401 g/mol. The Morgan fingerprint density at radius 2 is 1.96 bits per heavy atom. The molecule has 10 heteroatoms. The van der Waals surface area contributed by atoms with Crippen LogP contribution in [-0.2, 0) is 0 Å². The van der Waals surface area contributed by atoms with E-state index in [0.717, 1.165) is 25.9 Å². The molecule has 3 N–H and O–H groups in total. The molecule has 0 spiro atoms. The second-order valence-corrected chi connectivity index (χ2v) is 6.87. The van der Waals surface area contributed by atoms with E-state index in [-0.39, 0.29) is 36.6 Å². The van der Waals surface area contributed by atoms with Gasteiger partial charge in [0.05, 0.1) is 18.3 Å². The molecule has 1 aliphatic heterocycles. The Balaban J connectivity index is 0.00000243. The van der Waals surface area contributed by atoms with Crippen LogP contribution in [0.5, 0.6) is 0 Å². The summed E-state index contributed by atoms with van der Waals surface area (Å²) in [6.07, 6.45) is 2.64. The van der Waals surface area contributed by atoms with Crippen molar-refractivity contribution in [2.75, 3.05) is 19.6 Å². The number of nitrogens with zero attached hydrogens (tertiary/aromatic N) is 3. The Kier molecular flexibility index (Phi) is 7.67. The summed E-state index contributed by atoms with van der Waals surface area (Å²) < 4.78 is 1.74. The molecular formula is C16H20Cl3N5O2. The quantitative estimate of drug-likeness (QED) is 0.691. The van der Waals surface area contributed by atoms with E-state index in [1.165, 1.54) is 0 Å². The molecule has 0 radical (unpaired) electrons. The van der Waals surface area contributed by atoms with E-state index in [0.29, 0.717) is 15.6 Å². The van der Waals surface area contributed by atoms with Crippen LogP contribution in [0.3, 0.4) is 0 Å². The van der Waals surface area contributed by atoms with E-state index < -0.39 is 6.10 Å². The van der Waals surface area contributed by atoms with Gasteiger partial charge in [-0.05, 0) is 49.7 Å². The minimum absolute atomic E-state index is 0. The Bertz CT molecular complexity index is 729. The summed E-state index contributed by atoms with van der Waals surface area (Å²) in [5.74, 6) is -0.382. The fraction of sp³-hybridized carbons (Fsp3) is 0.438. The van der Waals surface area contributed by atoms with Crippen molar-refractivity contribution in [1.82, 2.24) is 25.6 Å². The molecule has 1 unspecified atom stereocenters. The van der Waals surface area contributed by atoms with Gasteiger partial charge >= 0.3 is 0 Å². The number of aromatic nitrogens is 3. The van der Waals surface area contributed by atoms with Crippen molar-refractivity contribution < 1.29 is 9.90 Å². The smallest absolute Gasteiger partial charge is 0.273 e. The third-order valence-corrected chi connectivity index (χ3v) is 4.59. The van der Waals surface area contributed by atoms with Crippen LogP contribution in [0.2, 0.25) is 10.0 Å². The topological polar surface area (TPSA) is 92.1 Å². The molecule has 0 bridgehead atoms. The van der Waals surface area contributed by atoms with Crippen LogP contribution in [0.4, 0.5) is 0 Å². The van der Waals surface area contributed by atoms with Gasteiger partial charge in [-0.1, -0.05) is 28.4 Å². The number of carbonyl (C=O) groups is 1. The van der Waals surface area contributed by atoms with Gasteiger partial charge in [-0.15, -0.1) is 17.5 Å². The third-order valence-electron chi connectivity index (χ3n) is 4.15. The number of amides is 1. The Morgan fingerprint density at radius 3 is 2.62 bits per heavy atom. The molecule has 1 amide bonds. The predicted molar refractivity (Wildman–Crippen MR) is 102 cm³/mol. The Morgan fingerprint density at radius 1 is 1.31 bits per heavy atom. The number of benzene rings is 1. The van der Waals surface area contributed by atoms with E-state index in [1.807, 2.05) is 0 Å². The number of nitrogens with one attached hydrogen (secondary N) is 2. The summed E-state index contributed by atoms with van der Waals surface area (Å²) >= 11 is 11.8. The lowest BCUT2D eigenvalue weighted by Gasteiger charge is -2.22. The molecule has 1 aromatic carbocycles. The zero-order valence-electron chi connectivity index (χ0n) is 13.9. The maximum Gasteiger partial charge on any atom is 0.273 e. The van der Waals surface area contributed by atoms with Crippen LogP contribution in [0, 0.1) is 0 Å². The number of aliphatic hydroxyl groups is 1. The second-order valence-electron chi connectivity index (χ2n) is 5.99. The fourth-order valence-corrected chi connectivity index (χ4v) is 3.34. The maximum absolute atomic E-state index is 12.2. The van der Waals surface area contributed by atoms with Gasteiger partial charge in [0.15, 0.2) is 5.69 Å². The number of carbonyl (C=O) groups excluding carboxylic acids is 1. The zero-order chi connectivity index (χ0) is 17.8. The van der Waals surface area contributed by atoms with Crippen molar-refractivity contribution in [3.05, 3.63) is 45.7 Å². The summed E-state index contributed by atoms with van der Waals surface area (Å²) in [6.45, 7) is 1.89. The molecule has 1 aliphatic rings. The molecule has 7 nitrogen and oxygen atoms in total. The lowest BCUT2D eigenvalue weighted by molar-refractivity contribution is 0.0911. The van der Waals surface area contributed by atoms with Gasteiger partial charge in [-0.3, -0.25) is 4.79 Å². The average molecular weight is 421 g/mol. The molecule has 2 aromatic rings. The monoisotopic (exact) mass is 419 g/mol. The lowest BCUT2D eigenvalue weighted by Crippen LogP contribution is -2.30. The van der Waals surface area contributed by atoms with Crippen LogP contribution in [0.25, 0.3) is 0 Å². The van der Waals surface area contributed by atoms with Crippen molar-refractivity contribution in [3.63, 3.8) is 0 Å². The summed E-state index contributed by atoms with van der Waals surface area (Å²) in [6, 6.07) is 5.06. The number of hydrogen-bond donors (Lipinski definition) is 3. The summed E-state index contributed by atoms with van der Waals surface area (Å²) in [7, 11) is 0. The van der Waals surface area contributed by atoms with E-state index in [2.05, 4.69) is 20.9 Å². The van der Waals surface area contributed by atoms with Crippen molar-refractivity contribution in [3.8, 4) is 0 Å². The van der Waals surface area contributed by atoms with Crippen LogP contribution in [-0.4, -0.2) is 45.6 Å². The second kappa shape index (κ2) is 9.53. The van der Waals surface area contributed by atoms with Crippen molar-refractivity contribution >= 4 is 41.5 Å². The SMILES string of the molecule is Cl.O=C(NCC(O)c1cc(Cl)cc(Cl)c1)c1cn(C2CCNCC2)nn1. The first-order chi connectivity index (χ1) is 12.0. The summed E-state index contributed by atoms with van der Waals surface area (Å²) in [5, 5.41) is 25.0. The Labute approximate surface area is 167 Å². The van der Waals surface area contributed by atoms with Crippen LogP contribution >= 0.6 is 35.6 Å². The standard InChI is InChI=1S/C16H19Cl2N5O2.ClH/c17-11-5-10(6-12(18)7-11)15(24)8-20-16(25)14-9-23(22-21-14)13-1-3-19-4-2-13;/h5-7,9,13,15,19,24H,1-4,8H2,(H,20,25);1H. The van der Waals surface area contributed by atoms with E-state index in [1.54, 1.807) is 29.1 Å². The van der Waals surface area contributed by atoms with Crippen molar-refractivity contribution in [2.45, 2.75) is 25.0 Å². The van der Waals surface area contributed by atoms with Gasteiger partial charge in [-0.25, -0.2) is 4.68 Å². The highest BCUT2D eigenvalue weighted by atomic mass is 35.5. The molecule has 1 saturated heterocycles. The lowest BCUT2D eigenvalue weighted by atomic mass is 10.1. The van der Waals surface area contributed by atoms with Crippen LogP contribution in [0.1, 0.15) is 41.0 Å². The summed E-state index contributed by atoms with van der Waals surface area (Å²) in [4.78, 5) is 12.2. The number of piperidine rings is 1. The van der Waals surface area contributed by atoms with Gasteiger partial charge in [0, 0.05) is 16.6 Å². The fourth-order valence-electron chi connectivity index (χ4n) is 2.80. The molecule has 1 atom stereocenters. The number of rotatable bonds is 5. The molecule has 0 saturated carbocycles. The third kappa shape index (κ3) is 5.31. The van der Waals surface area contributed by atoms with Gasteiger partial charge in [-0.2, -0.15) is 0 Å². The van der Waals surface area contributed by atoms with Crippen molar-refractivity contribution in [1.29, 1.82) is 0 Å². The van der Waals surface area contributed by atoms with E-state index >= 15 is 0 Å². The van der Waals surface area contributed by atoms with Gasteiger partial charge < -0.3 is 15.7 Å². The largest absolute Gasteiger partial charge is 0.387 e. The van der Waals surface area contributed by atoms with Gasteiger partial charge in [0.2, 0.25) is 0 Å². The maximum atomic E-state index is 12.2. The molecule has 2 heterocycles. The molecule has 1 fully saturated rings. The number of hydrogen-bond acceptors (Lipinski definition) is 5. The van der Waals surface area contributed by atoms with Crippen LogP contribution in [0.15, 0.2) is 24.4 Å². The molecule has 3 rings (SSSR count). The summed E-state index contributed by atoms with van der Waals surface area (Å²) in [5.41, 5.74) is 0.769. The highest BCUT2D eigenvalue weighted by Gasteiger charge is 2.19. The highest BCUT2D eigenvalue weighted by molar-refractivity contribution is 6.34. The number of halogens is 3. The molecule has 0 aliphatic carbocycles. The van der Waals surface area contributed by atoms with E-state index in [4.69, 9.17) is 23.2 Å². The first kappa shape index (κ1) is 20.9. The molecule has 1 aromatic heterocycles. The van der Waals surface area contributed by atoms with Crippen LogP contribution < -0.4 is 10.6 Å². The highest BCUT2D eigenvalue weighted by Crippen LogP contribution is 2.23. The first-order valence-corrected chi connectivity index (χ1v) is 8.83. The zero-order valence-corrected chi connectivity index (χ0v) is 16.2. The average Bonchev–Trinajstić information content (AvgIpc) is 3.09. The molecule has 142 valence electrons. The minimum atomic E-state index is -0.917. The minimum Gasteiger partial charge on any atom is -0.387 e. The predicted octanol–water partition coefficient (Wildman–Crippen LogP) is 2.39.